The van der Waals surface area contributed by atoms with Crippen LogP contribution in [-0.4, -0.2) is 32.0 Å². The average molecular weight is 414 g/mol. The van der Waals surface area contributed by atoms with E-state index in [1.807, 2.05) is 34.8 Å². The van der Waals surface area contributed by atoms with E-state index < -0.39 is 0 Å². The van der Waals surface area contributed by atoms with Crippen LogP contribution in [0.3, 0.4) is 0 Å². The zero-order valence-corrected chi connectivity index (χ0v) is 16.2. The van der Waals surface area contributed by atoms with Crippen molar-refractivity contribution in [2.75, 3.05) is 0 Å². The molecule has 0 bridgehead atoms. The number of hydrazine groups is 1. The number of fused-ring (bicyclic) bond motifs is 1. The third-order valence-corrected chi connectivity index (χ3v) is 6.04. The summed E-state index contributed by atoms with van der Waals surface area (Å²) in [6.45, 7) is 0.233. The molecule has 1 fully saturated rings. The van der Waals surface area contributed by atoms with Gasteiger partial charge in [0.05, 0.1) is 6.04 Å². The van der Waals surface area contributed by atoms with Crippen LogP contribution in [0.25, 0.3) is 11.4 Å². The predicted molar refractivity (Wildman–Crippen MR) is 105 cm³/mol. The van der Waals surface area contributed by atoms with Crippen LogP contribution in [0.15, 0.2) is 58.7 Å². The van der Waals surface area contributed by atoms with Gasteiger partial charge in [-0.05, 0) is 23.6 Å². The second-order valence-electron chi connectivity index (χ2n) is 6.64. The molecule has 2 atom stereocenters. The molecule has 9 heteroatoms. The van der Waals surface area contributed by atoms with Crippen LogP contribution in [0.1, 0.15) is 23.2 Å². The third-order valence-electron chi connectivity index (χ3n) is 4.82. The highest BCUT2D eigenvalue weighted by Crippen LogP contribution is 2.33. The summed E-state index contributed by atoms with van der Waals surface area (Å²) >= 11 is 7.71. The summed E-state index contributed by atoms with van der Waals surface area (Å²) in [6.07, 6.45) is 4.34. The molecule has 2 aromatic heterocycles. The number of benzene rings is 1. The van der Waals surface area contributed by atoms with E-state index in [0.29, 0.717) is 16.7 Å². The van der Waals surface area contributed by atoms with E-state index in [0.717, 1.165) is 12.0 Å². The Morgan fingerprint density at radius 1 is 1.29 bits per heavy atom. The summed E-state index contributed by atoms with van der Waals surface area (Å²) in [5.41, 5.74) is 4.16. The molecule has 28 heavy (non-hydrogen) atoms. The molecule has 1 saturated heterocycles. The van der Waals surface area contributed by atoms with E-state index in [4.69, 9.17) is 16.1 Å². The number of thiophene rings is 1. The van der Waals surface area contributed by atoms with Gasteiger partial charge in [0, 0.05) is 34.3 Å². The van der Waals surface area contributed by atoms with Crippen molar-refractivity contribution in [1.82, 2.24) is 25.5 Å². The average Bonchev–Trinajstić information content (AvgIpc) is 3.44. The number of carbonyl (C=O) groups excluding carboxylic acids is 1. The van der Waals surface area contributed by atoms with E-state index in [2.05, 4.69) is 21.6 Å². The highest BCUT2D eigenvalue weighted by Gasteiger charge is 2.40. The van der Waals surface area contributed by atoms with Gasteiger partial charge in [0.15, 0.2) is 0 Å². The van der Waals surface area contributed by atoms with E-state index in [1.165, 1.54) is 4.88 Å². The zero-order chi connectivity index (χ0) is 19.1. The second-order valence-corrected chi connectivity index (χ2v) is 8.06. The van der Waals surface area contributed by atoms with Gasteiger partial charge in [-0.1, -0.05) is 35.0 Å². The summed E-state index contributed by atoms with van der Waals surface area (Å²) < 4.78 is 5.34. The Hall–Kier alpha value is -2.68. The normalized spacial score (nSPS) is 21.4. The molecule has 0 saturated carbocycles. The lowest BCUT2D eigenvalue weighted by Gasteiger charge is -2.30. The first kappa shape index (κ1) is 17.4. The molecule has 2 aliphatic rings. The quantitative estimate of drug-likeness (QED) is 0.704. The molecule has 3 aromatic rings. The van der Waals surface area contributed by atoms with Crippen LogP contribution >= 0.6 is 22.9 Å². The number of aromatic nitrogens is 2. The molecular weight excluding hydrogens is 398 g/mol. The maximum atomic E-state index is 12.9. The Morgan fingerprint density at radius 2 is 2.21 bits per heavy atom. The van der Waals surface area contributed by atoms with E-state index >= 15 is 0 Å². The minimum absolute atomic E-state index is 0.0107. The van der Waals surface area contributed by atoms with Gasteiger partial charge in [0.1, 0.15) is 12.6 Å². The number of nitrogens with one attached hydrogen (secondary N) is 1. The maximum absolute atomic E-state index is 12.9. The predicted octanol–water partition coefficient (Wildman–Crippen LogP) is 3.59. The van der Waals surface area contributed by atoms with E-state index in [1.54, 1.807) is 34.6 Å². The number of nitrogens with zero attached hydrogens (tertiary/aromatic N) is 4. The van der Waals surface area contributed by atoms with Crippen molar-refractivity contribution in [2.24, 2.45) is 0 Å². The van der Waals surface area contributed by atoms with Gasteiger partial charge in [-0.2, -0.15) is 4.98 Å². The molecule has 1 N–H and O–H groups in total. The van der Waals surface area contributed by atoms with Crippen molar-refractivity contribution in [3.63, 3.8) is 0 Å². The van der Waals surface area contributed by atoms with E-state index in [9.17, 15) is 4.79 Å². The Morgan fingerprint density at radius 3 is 3.04 bits per heavy atom. The first-order chi connectivity index (χ1) is 13.7. The summed E-state index contributed by atoms with van der Waals surface area (Å²) in [5, 5.41) is 8.54. The number of amides is 1. The number of halogens is 1. The van der Waals surface area contributed by atoms with Crippen LogP contribution in [0.5, 0.6) is 0 Å². The van der Waals surface area contributed by atoms with Gasteiger partial charge in [-0.15, -0.1) is 11.3 Å². The van der Waals surface area contributed by atoms with Crippen LogP contribution in [-0.2, 0) is 11.3 Å². The molecule has 1 amide bonds. The van der Waals surface area contributed by atoms with Crippen LogP contribution in [0.2, 0.25) is 5.02 Å². The molecule has 0 aliphatic carbocycles. The van der Waals surface area contributed by atoms with Gasteiger partial charge in [0.25, 0.3) is 5.91 Å². The Bertz CT molecular complexity index is 1030. The summed E-state index contributed by atoms with van der Waals surface area (Å²) in [7, 11) is 0. The zero-order valence-electron chi connectivity index (χ0n) is 14.7. The van der Waals surface area contributed by atoms with Gasteiger partial charge >= 0.3 is 0 Å². The van der Waals surface area contributed by atoms with Crippen molar-refractivity contribution in [1.29, 1.82) is 0 Å². The number of hydrogen-bond acceptors (Lipinski definition) is 7. The fraction of sp³-hybridized carbons (Fsp3) is 0.211. The van der Waals surface area contributed by atoms with Gasteiger partial charge < -0.3 is 14.4 Å². The van der Waals surface area contributed by atoms with Crippen molar-refractivity contribution in [2.45, 2.75) is 25.0 Å². The smallest absolute Gasteiger partial charge is 0.251 e. The van der Waals surface area contributed by atoms with Crippen LogP contribution in [0.4, 0.5) is 0 Å². The van der Waals surface area contributed by atoms with Crippen molar-refractivity contribution in [3.05, 3.63) is 70.0 Å². The lowest BCUT2D eigenvalue weighted by Crippen LogP contribution is -2.47. The Balaban J connectivity index is 1.30. The molecule has 0 spiro atoms. The topological polar surface area (TPSA) is 74.5 Å². The third kappa shape index (κ3) is 3.19. The number of hydrogen-bond donors (Lipinski definition) is 1. The number of rotatable bonds is 4. The Labute approximate surface area is 170 Å². The monoisotopic (exact) mass is 413 g/mol. The fourth-order valence-corrected chi connectivity index (χ4v) is 4.43. The highest BCUT2D eigenvalue weighted by molar-refractivity contribution is 7.10. The first-order valence-corrected chi connectivity index (χ1v) is 10.1. The second kappa shape index (κ2) is 7.05. The molecule has 0 radical (unpaired) electrons. The van der Waals surface area contributed by atoms with Crippen LogP contribution in [0, 0.1) is 0 Å². The fourth-order valence-electron chi connectivity index (χ4n) is 3.45. The largest absolute Gasteiger partial charge is 0.337 e. The SMILES string of the molecule is O=C1C2CC(c3cccs3)NN2C=CN1Cc1nc(-c2cccc(Cl)c2)no1. The Kier molecular flexibility index (Phi) is 4.38. The lowest BCUT2D eigenvalue weighted by atomic mass is 10.1. The molecule has 2 aliphatic heterocycles. The van der Waals surface area contributed by atoms with Crippen LogP contribution < -0.4 is 5.43 Å². The van der Waals surface area contributed by atoms with Crippen molar-refractivity contribution >= 4 is 28.8 Å². The molecule has 5 rings (SSSR count). The highest BCUT2D eigenvalue weighted by atomic mass is 35.5. The first-order valence-electron chi connectivity index (χ1n) is 8.82. The summed E-state index contributed by atoms with van der Waals surface area (Å²) in [6, 6.07) is 11.3. The van der Waals surface area contributed by atoms with Gasteiger partial charge in [-0.25, -0.2) is 5.43 Å². The minimum Gasteiger partial charge on any atom is -0.337 e. The van der Waals surface area contributed by atoms with Crippen molar-refractivity contribution in [3.8, 4) is 11.4 Å². The molecule has 1 aromatic carbocycles. The molecule has 7 nitrogen and oxygen atoms in total. The molecule has 2 unspecified atom stereocenters. The standard InChI is InChI=1S/C19H16ClN5O2S/c20-13-4-1-3-12(9-13)18-21-17(27-23-18)11-24-6-7-25-15(19(24)26)10-14(22-25)16-5-2-8-28-16/h1-9,14-15,22H,10-11H2. The molecule has 4 heterocycles. The maximum Gasteiger partial charge on any atom is 0.251 e. The lowest BCUT2D eigenvalue weighted by molar-refractivity contribution is -0.135. The summed E-state index contributed by atoms with van der Waals surface area (Å²) in [4.78, 5) is 20.2. The van der Waals surface area contributed by atoms with Gasteiger partial charge in [0.2, 0.25) is 11.7 Å². The molecular formula is C19H16ClN5O2S. The summed E-state index contributed by atoms with van der Waals surface area (Å²) in [5.74, 6) is 0.839. The number of carbonyl (C=O) groups is 1. The van der Waals surface area contributed by atoms with E-state index in [-0.39, 0.29) is 24.5 Å². The van der Waals surface area contributed by atoms with Crippen molar-refractivity contribution < 1.29 is 9.32 Å². The van der Waals surface area contributed by atoms with Gasteiger partial charge in [-0.3, -0.25) is 4.79 Å². The molecule has 142 valence electrons. The minimum atomic E-state index is -0.243.